The molecule has 1 aliphatic carbocycles. The molecule has 0 saturated heterocycles. The number of ether oxygens (including phenoxy) is 1. The zero-order valence-electron chi connectivity index (χ0n) is 16.9. The number of carbonyl (C=O) groups is 1. The molecule has 7 nitrogen and oxygen atoms in total. The zero-order valence-corrected chi connectivity index (χ0v) is 16.9. The highest BCUT2D eigenvalue weighted by Crippen LogP contribution is 2.29. The van der Waals surface area contributed by atoms with Crippen molar-refractivity contribution in [2.24, 2.45) is 11.8 Å². The van der Waals surface area contributed by atoms with E-state index in [0.29, 0.717) is 41.0 Å². The van der Waals surface area contributed by atoms with Crippen LogP contribution in [0.1, 0.15) is 28.8 Å². The Kier molecular flexibility index (Phi) is 6.11. The molecule has 1 fully saturated rings. The standard InChI is InChI=1S/C23H24FN5O2/c24-19-8-5-16(21-10-9-20(25)22(28-21)29-26)11-18(19)23(30)27-17-6-3-15(4-7-17)13-31-12-14-1-2-14/h3-11,14H,1-2,12-13,25-26H2,(H,27,30)(H,28,29). The van der Waals surface area contributed by atoms with E-state index in [9.17, 15) is 9.18 Å². The van der Waals surface area contributed by atoms with Gasteiger partial charge in [0.1, 0.15) is 5.82 Å². The number of aromatic nitrogens is 1. The number of nitrogens with zero attached hydrogens (tertiary/aromatic N) is 1. The zero-order chi connectivity index (χ0) is 21.8. The Morgan fingerprint density at radius 1 is 1.13 bits per heavy atom. The SMILES string of the molecule is NNc1nc(-c2ccc(F)c(C(=O)Nc3ccc(COCC4CC4)cc3)c2)ccc1N. The molecule has 6 N–H and O–H groups in total. The van der Waals surface area contributed by atoms with Gasteiger partial charge in [-0.1, -0.05) is 12.1 Å². The molecule has 1 amide bonds. The summed E-state index contributed by atoms with van der Waals surface area (Å²) in [5.74, 6) is 5.25. The Bertz CT molecular complexity index is 1080. The largest absolute Gasteiger partial charge is 0.396 e. The molecule has 2 aromatic carbocycles. The van der Waals surface area contributed by atoms with Gasteiger partial charge in [0.05, 0.1) is 23.6 Å². The lowest BCUT2D eigenvalue weighted by Gasteiger charge is -2.10. The van der Waals surface area contributed by atoms with Gasteiger partial charge in [-0.05, 0) is 66.8 Å². The Morgan fingerprint density at radius 2 is 1.90 bits per heavy atom. The summed E-state index contributed by atoms with van der Waals surface area (Å²) in [6.07, 6.45) is 2.50. The van der Waals surface area contributed by atoms with Crippen molar-refractivity contribution in [2.45, 2.75) is 19.4 Å². The Balaban J connectivity index is 1.46. The average Bonchev–Trinajstić information content (AvgIpc) is 3.60. The van der Waals surface area contributed by atoms with Crippen LogP contribution < -0.4 is 22.3 Å². The maximum absolute atomic E-state index is 14.4. The summed E-state index contributed by atoms with van der Waals surface area (Å²) in [5.41, 5.74) is 11.1. The number of amides is 1. The number of benzene rings is 2. The molecule has 0 atom stereocenters. The van der Waals surface area contributed by atoms with Crippen molar-refractivity contribution in [1.29, 1.82) is 0 Å². The van der Waals surface area contributed by atoms with Crippen LogP contribution in [0.15, 0.2) is 54.6 Å². The summed E-state index contributed by atoms with van der Waals surface area (Å²) in [7, 11) is 0. The molecule has 0 bridgehead atoms. The molecule has 1 saturated carbocycles. The quantitative estimate of drug-likeness (QED) is 0.324. The Morgan fingerprint density at radius 3 is 2.61 bits per heavy atom. The van der Waals surface area contributed by atoms with Gasteiger partial charge in [0.25, 0.3) is 5.91 Å². The minimum atomic E-state index is -0.626. The van der Waals surface area contributed by atoms with Crippen LogP contribution >= 0.6 is 0 Å². The first kappa shape index (κ1) is 20.8. The maximum Gasteiger partial charge on any atom is 0.258 e. The van der Waals surface area contributed by atoms with Crippen molar-refractivity contribution in [1.82, 2.24) is 4.98 Å². The van der Waals surface area contributed by atoms with Gasteiger partial charge < -0.3 is 21.2 Å². The van der Waals surface area contributed by atoms with Gasteiger partial charge in [0, 0.05) is 17.9 Å². The number of nitrogens with two attached hydrogens (primary N) is 2. The fourth-order valence-electron chi connectivity index (χ4n) is 3.12. The molecular formula is C23H24FN5O2. The first-order valence-corrected chi connectivity index (χ1v) is 10.0. The molecule has 0 spiro atoms. The maximum atomic E-state index is 14.4. The number of nitrogen functional groups attached to an aromatic ring is 2. The van der Waals surface area contributed by atoms with E-state index in [-0.39, 0.29) is 5.56 Å². The molecule has 8 heteroatoms. The van der Waals surface area contributed by atoms with Crippen LogP contribution in [0.3, 0.4) is 0 Å². The first-order chi connectivity index (χ1) is 15.0. The lowest BCUT2D eigenvalue weighted by Crippen LogP contribution is -2.14. The van der Waals surface area contributed by atoms with E-state index in [2.05, 4.69) is 15.7 Å². The monoisotopic (exact) mass is 421 g/mol. The van der Waals surface area contributed by atoms with Crippen LogP contribution in [-0.4, -0.2) is 17.5 Å². The number of hydrazine groups is 1. The third-order valence-corrected chi connectivity index (χ3v) is 5.10. The second-order valence-electron chi connectivity index (χ2n) is 7.58. The van der Waals surface area contributed by atoms with Crippen LogP contribution in [0.5, 0.6) is 0 Å². The molecule has 0 unspecified atom stereocenters. The van der Waals surface area contributed by atoms with E-state index in [1.807, 2.05) is 12.1 Å². The van der Waals surface area contributed by atoms with E-state index in [4.69, 9.17) is 16.3 Å². The van der Waals surface area contributed by atoms with Crippen LogP contribution in [0.2, 0.25) is 0 Å². The van der Waals surface area contributed by atoms with Gasteiger partial charge in [-0.2, -0.15) is 0 Å². The van der Waals surface area contributed by atoms with Gasteiger partial charge in [0.15, 0.2) is 5.82 Å². The normalized spacial score (nSPS) is 13.1. The van der Waals surface area contributed by atoms with E-state index < -0.39 is 11.7 Å². The Hall–Kier alpha value is -3.49. The van der Waals surface area contributed by atoms with E-state index in [1.54, 1.807) is 30.3 Å². The molecule has 0 radical (unpaired) electrons. The summed E-state index contributed by atoms with van der Waals surface area (Å²) in [4.78, 5) is 17.0. The van der Waals surface area contributed by atoms with Crippen molar-refractivity contribution in [3.8, 4) is 11.3 Å². The van der Waals surface area contributed by atoms with Crippen LogP contribution in [0.25, 0.3) is 11.3 Å². The van der Waals surface area contributed by atoms with Crippen molar-refractivity contribution in [3.05, 3.63) is 71.5 Å². The fraction of sp³-hybridized carbons (Fsp3) is 0.217. The van der Waals surface area contributed by atoms with Crippen molar-refractivity contribution < 1.29 is 13.9 Å². The molecular weight excluding hydrogens is 397 g/mol. The number of pyridine rings is 1. The summed E-state index contributed by atoms with van der Waals surface area (Å²) < 4.78 is 20.0. The lowest BCUT2D eigenvalue weighted by atomic mass is 10.1. The van der Waals surface area contributed by atoms with Crippen LogP contribution in [-0.2, 0) is 11.3 Å². The third-order valence-electron chi connectivity index (χ3n) is 5.10. The fourth-order valence-corrected chi connectivity index (χ4v) is 3.12. The minimum Gasteiger partial charge on any atom is -0.396 e. The predicted octanol–water partition coefficient (Wildman–Crippen LogP) is 3.93. The van der Waals surface area contributed by atoms with Gasteiger partial charge >= 0.3 is 0 Å². The molecule has 31 heavy (non-hydrogen) atoms. The molecule has 1 heterocycles. The van der Waals surface area contributed by atoms with E-state index >= 15 is 0 Å². The van der Waals surface area contributed by atoms with Crippen molar-refractivity contribution in [3.63, 3.8) is 0 Å². The van der Waals surface area contributed by atoms with Crippen LogP contribution in [0.4, 0.5) is 21.6 Å². The van der Waals surface area contributed by atoms with E-state index in [1.165, 1.54) is 25.0 Å². The Labute approximate surface area is 179 Å². The molecule has 4 rings (SSSR count). The molecule has 1 aliphatic rings. The minimum absolute atomic E-state index is 0.0878. The number of nitrogens with one attached hydrogen (secondary N) is 2. The number of carbonyl (C=O) groups excluding carboxylic acids is 1. The van der Waals surface area contributed by atoms with Crippen molar-refractivity contribution in [2.75, 3.05) is 23.1 Å². The number of rotatable bonds is 8. The molecule has 160 valence electrons. The van der Waals surface area contributed by atoms with E-state index in [0.717, 1.165) is 12.2 Å². The molecule has 1 aromatic heterocycles. The van der Waals surface area contributed by atoms with Crippen LogP contribution in [0, 0.1) is 11.7 Å². The average molecular weight is 421 g/mol. The lowest BCUT2D eigenvalue weighted by molar-refractivity contribution is 0.102. The molecule has 3 aromatic rings. The topological polar surface area (TPSA) is 115 Å². The molecule has 0 aliphatic heterocycles. The summed E-state index contributed by atoms with van der Waals surface area (Å²) in [6, 6.07) is 14.9. The second kappa shape index (κ2) is 9.11. The highest BCUT2D eigenvalue weighted by molar-refractivity contribution is 6.05. The predicted molar refractivity (Wildman–Crippen MR) is 119 cm³/mol. The summed E-state index contributed by atoms with van der Waals surface area (Å²) in [5, 5.41) is 2.73. The van der Waals surface area contributed by atoms with Gasteiger partial charge in [-0.25, -0.2) is 15.2 Å². The second-order valence-corrected chi connectivity index (χ2v) is 7.58. The highest BCUT2D eigenvalue weighted by Gasteiger charge is 2.21. The van der Waals surface area contributed by atoms with Gasteiger partial charge in [-0.3, -0.25) is 4.79 Å². The third kappa shape index (κ3) is 5.17. The highest BCUT2D eigenvalue weighted by atomic mass is 19.1. The first-order valence-electron chi connectivity index (χ1n) is 10.0. The van der Waals surface area contributed by atoms with Crippen molar-refractivity contribution >= 4 is 23.1 Å². The number of anilines is 3. The van der Waals surface area contributed by atoms with Gasteiger partial charge in [-0.15, -0.1) is 0 Å². The van der Waals surface area contributed by atoms with Gasteiger partial charge in [0.2, 0.25) is 0 Å². The smallest absolute Gasteiger partial charge is 0.258 e. The summed E-state index contributed by atoms with van der Waals surface area (Å²) >= 11 is 0. The number of hydrogen-bond donors (Lipinski definition) is 4. The number of hydrogen-bond acceptors (Lipinski definition) is 6. The number of halogens is 1. The summed E-state index contributed by atoms with van der Waals surface area (Å²) in [6.45, 7) is 1.33.